The third kappa shape index (κ3) is 6.62. The van der Waals surface area contributed by atoms with E-state index in [0.717, 1.165) is 16.5 Å². The summed E-state index contributed by atoms with van der Waals surface area (Å²) < 4.78 is 23.3. The van der Waals surface area contributed by atoms with Crippen molar-refractivity contribution in [3.63, 3.8) is 0 Å². The molecule has 0 aromatic heterocycles. The van der Waals surface area contributed by atoms with E-state index >= 15 is 0 Å². The summed E-state index contributed by atoms with van der Waals surface area (Å²) in [5, 5.41) is 3.17. The maximum atomic E-state index is 11.3. The van der Waals surface area contributed by atoms with Gasteiger partial charge in [-0.3, -0.25) is 0 Å². The first-order chi connectivity index (χ1) is 8.03. The number of hydrogen-bond acceptors (Lipinski definition) is 4. The second-order valence-electron chi connectivity index (χ2n) is 4.49. The molecule has 1 aliphatic heterocycles. The monoisotopic (exact) mass is 295 g/mol. The van der Waals surface area contributed by atoms with Crippen LogP contribution in [0.4, 0.5) is 0 Å². The van der Waals surface area contributed by atoms with E-state index in [0.29, 0.717) is 18.1 Å². The summed E-state index contributed by atoms with van der Waals surface area (Å²) in [6.07, 6.45) is 4.44. The number of unbranched alkanes of at least 4 members (excludes halogenated alkanes) is 2. The van der Waals surface area contributed by atoms with Crippen molar-refractivity contribution in [3.05, 3.63) is 0 Å². The lowest BCUT2D eigenvalue weighted by molar-refractivity contribution is 0.575. The molecule has 0 aromatic rings. The zero-order valence-electron chi connectivity index (χ0n) is 10.3. The third-order valence-corrected chi connectivity index (χ3v) is 6.08. The lowest BCUT2D eigenvalue weighted by Gasteiger charge is -2.11. The van der Waals surface area contributed by atoms with Crippen LogP contribution in [0.1, 0.15) is 32.6 Å². The Morgan fingerprint density at radius 2 is 2.24 bits per heavy atom. The first-order valence-electron chi connectivity index (χ1n) is 6.14. The molecule has 1 atom stereocenters. The van der Waals surface area contributed by atoms with Crippen LogP contribution in [0.3, 0.4) is 0 Å². The molecule has 0 saturated carbocycles. The Morgan fingerprint density at radius 3 is 2.82 bits per heavy atom. The van der Waals surface area contributed by atoms with Crippen LogP contribution in [0.5, 0.6) is 0 Å². The van der Waals surface area contributed by atoms with Crippen molar-refractivity contribution < 1.29 is 8.42 Å². The summed E-state index contributed by atoms with van der Waals surface area (Å²) >= 11 is 6.87. The quantitative estimate of drug-likeness (QED) is 0.601. The molecule has 1 unspecified atom stereocenters. The minimum atomic E-state index is -2.76. The van der Waals surface area contributed by atoms with Crippen LogP contribution in [0.15, 0.2) is 0 Å². The molecule has 0 bridgehead atoms. The van der Waals surface area contributed by atoms with Gasteiger partial charge in [0.25, 0.3) is 0 Å². The zero-order chi connectivity index (χ0) is 12.7. The van der Waals surface area contributed by atoms with Gasteiger partial charge in [0.2, 0.25) is 0 Å². The standard InChI is InChI=1S/C11H21NO2S3/c1-2-3-4-6-16-11(15)12-8-10-5-7-17(13,14)9-10/h10H,2-9H2,1H3,(H,12,15). The van der Waals surface area contributed by atoms with Gasteiger partial charge in [-0.25, -0.2) is 8.42 Å². The largest absolute Gasteiger partial charge is 0.371 e. The van der Waals surface area contributed by atoms with Crippen molar-refractivity contribution >= 4 is 38.1 Å². The Bertz CT molecular complexity index is 341. The van der Waals surface area contributed by atoms with E-state index in [-0.39, 0.29) is 5.92 Å². The molecule has 0 amide bonds. The van der Waals surface area contributed by atoms with Crippen LogP contribution in [0.2, 0.25) is 0 Å². The predicted molar refractivity (Wildman–Crippen MR) is 79.3 cm³/mol. The minimum Gasteiger partial charge on any atom is -0.371 e. The van der Waals surface area contributed by atoms with Gasteiger partial charge in [0.05, 0.1) is 11.5 Å². The molecule has 0 aliphatic carbocycles. The van der Waals surface area contributed by atoms with Gasteiger partial charge in [-0.1, -0.05) is 43.7 Å². The van der Waals surface area contributed by atoms with Crippen molar-refractivity contribution in [2.45, 2.75) is 32.6 Å². The third-order valence-electron chi connectivity index (χ3n) is 2.84. The highest BCUT2D eigenvalue weighted by molar-refractivity contribution is 8.22. The normalized spacial score (nSPS) is 22.5. The molecular formula is C11H21NO2S3. The maximum absolute atomic E-state index is 11.3. The Labute approximate surface area is 114 Å². The first-order valence-corrected chi connectivity index (χ1v) is 9.36. The molecule has 1 fully saturated rings. The van der Waals surface area contributed by atoms with E-state index in [4.69, 9.17) is 12.2 Å². The molecule has 0 spiro atoms. The molecule has 100 valence electrons. The highest BCUT2D eigenvalue weighted by atomic mass is 32.2. The molecule has 0 aromatic carbocycles. The molecule has 1 saturated heterocycles. The summed E-state index contributed by atoms with van der Waals surface area (Å²) in [5.41, 5.74) is 0. The van der Waals surface area contributed by atoms with Gasteiger partial charge in [-0.15, -0.1) is 0 Å². The van der Waals surface area contributed by atoms with E-state index in [9.17, 15) is 8.42 Å². The van der Waals surface area contributed by atoms with Crippen molar-refractivity contribution in [1.82, 2.24) is 5.32 Å². The maximum Gasteiger partial charge on any atom is 0.150 e. The van der Waals surface area contributed by atoms with E-state index in [1.54, 1.807) is 11.8 Å². The second kappa shape index (κ2) is 7.59. The molecule has 1 aliphatic rings. The summed E-state index contributed by atoms with van der Waals surface area (Å²) in [7, 11) is -2.76. The van der Waals surface area contributed by atoms with Gasteiger partial charge in [-0.05, 0) is 18.8 Å². The Balaban J connectivity index is 2.08. The number of nitrogens with one attached hydrogen (secondary N) is 1. The van der Waals surface area contributed by atoms with Crippen LogP contribution < -0.4 is 5.32 Å². The van der Waals surface area contributed by atoms with Crippen LogP contribution in [-0.4, -0.2) is 36.5 Å². The summed E-state index contributed by atoms with van der Waals surface area (Å²) in [6.45, 7) is 2.89. The Hall–Kier alpha value is 0.190. The summed E-state index contributed by atoms with van der Waals surface area (Å²) in [5.74, 6) is 1.97. The van der Waals surface area contributed by atoms with Crippen LogP contribution in [0, 0.1) is 5.92 Å². The van der Waals surface area contributed by atoms with Crippen molar-refractivity contribution in [1.29, 1.82) is 0 Å². The average Bonchev–Trinajstić information content (AvgIpc) is 2.62. The van der Waals surface area contributed by atoms with Crippen molar-refractivity contribution in [3.8, 4) is 0 Å². The van der Waals surface area contributed by atoms with Gasteiger partial charge in [0, 0.05) is 12.3 Å². The number of thioether (sulfide) groups is 1. The van der Waals surface area contributed by atoms with Gasteiger partial charge < -0.3 is 5.32 Å². The van der Waals surface area contributed by atoms with Gasteiger partial charge in [-0.2, -0.15) is 0 Å². The van der Waals surface area contributed by atoms with Crippen molar-refractivity contribution in [2.24, 2.45) is 5.92 Å². The number of sulfone groups is 1. The fourth-order valence-corrected chi connectivity index (χ4v) is 4.74. The molecule has 1 rings (SSSR count). The van der Waals surface area contributed by atoms with Crippen molar-refractivity contribution in [2.75, 3.05) is 23.8 Å². The highest BCUT2D eigenvalue weighted by Gasteiger charge is 2.27. The fourth-order valence-electron chi connectivity index (χ4n) is 1.83. The molecule has 17 heavy (non-hydrogen) atoms. The Kier molecular flexibility index (Phi) is 6.80. The molecule has 1 heterocycles. The SMILES string of the molecule is CCCCCSC(=S)NCC1CCS(=O)(=O)C1. The number of thiocarbonyl (C=S) groups is 1. The number of hydrogen-bond donors (Lipinski definition) is 1. The fraction of sp³-hybridized carbons (Fsp3) is 0.909. The average molecular weight is 295 g/mol. The van der Waals surface area contributed by atoms with Crippen LogP contribution >= 0.6 is 24.0 Å². The lowest BCUT2D eigenvalue weighted by Crippen LogP contribution is -2.26. The molecule has 3 nitrogen and oxygen atoms in total. The first kappa shape index (κ1) is 15.2. The van der Waals surface area contributed by atoms with E-state index < -0.39 is 9.84 Å². The molecule has 1 N–H and O–H groups in total. The summed E-state index contributed by atoms with van der Waals surface area (Å²) in [4.78, 5) is 0. The zero-order valence-corrected chi connectivity index (χ0v) is 12.7. The second-order valence-corrected chi connectivity index (χ2v) is 8.49. The van der Waals surface area contributed by atoms with Gasteiger partial charge in [0.15, 0.2) is 9.84 Å². The lowest BCUT2D eigenvalue weighted by atomic mass is 10.1. The van der Waals surface area contributed by atoms with E-state index in [2.05, 4.69) is 12.2 Å². The molecular weight excluding hydrogens is 274 g/mol. The predicted octanol–water partition coefficient (Wildman–Crippen LogP) is 2.22. The highest BCUT2D eigenvalue weighted by Crippen LogP contribution is 2.17. The minimum absolute atomic E-state index is 0.245. The van der Waals surface area contributed by atoms with Crippen LogP contribution in [-0.2, 0) is 9.84 Å². The van der Waals surface area contributed by atoms with Crippen LogP contribution in [0.25, 0.3) is 0 Å². The summed E-state index contributed by atoms with van der Waals surface area (Å²) in [6, 6.07) is 0. The molecule has 6 heteroatoms. The van der Waals surface area contributed by atoms with E-state index in [1.165, 1.54) is 19.3 Å². The number of rotatable bonds is 6. The smallest absolute Gasteiger partial charge is 0.150 e. The van der Waals surface area contributed by atoms with Gasteiger partial charge >= 0.3 is 0 Å². The topological polar surface area (TPSA) is 46.2 Å². The molecule has 0 radical (unpaired) electrons. The van der Waals surface area contributed by atoms with Gasteiger partial charge in [0.1, 0.15) is 4.32 Å². The van der Waals surface area contributed by atoms with E-state index in [1.807, 2.05) is 0 Å². The Morgan fingerprint density at radius 1 is 1.47 bits per heavy atom.